The van der Waals surface area contributed by atoms with Crippen LogP contribution in [0.5, 0.6) is 0 Å². The normalized spacial score (nSPS) is 11.1. The van der Waals surface area contributed by atoms with Crippen molar-refractivity contribution in [2.45, 2.75) is 13.1 Å². The van der Waals surface area contributed by atoms with Crippen molar-refractivity contribution >= 4 is 22.6 Å². The molecule has 1 aromatic heterocycles. The molecule has 2 N–H and O–H groups in total. The number of aromatic nitrogens is 1. The summed E-state index contributed by atoms with van der Waals surface area (Å²) in [6.45, 7) is 1.65. The molecule has 0 saturated carbocycles. The molecule has 1 heterocycles. The lowest BCUT2D eigenvalue weighted by Gasteiger charge is -2.11. The van der Waals surface area contributed by atoms with E-state index in [0.29, 0.717) is 5.52 Å². The number of carbonyl (C=O) groups is 1. The summed E-state index contributed by atoms with van der Waals surface area (Å²) < 4.78 is 36.1. The van der Waals surface area contributed by atoms with Crippen LogP contribution in [-0.2, 0) is 4.79 Å². The number of benzene rings is 1. The molecule has 0 aliphatic heterocycles. The average Bonchev–Trinajstić information content (AvgIpc) is 2.50. The number of fused-ring (bicyclic) bond motifs is 1. The molecule has 0 bridgehead atoms. The molecular weight excluding hydrogens is 309 g/mol. The van der Waals surface area contributed by atoms with E-state index in [2.05, 4.69) is 10.3 Å². The molecule has 8 heteroatoms. The van der Waals surface area contributed by atoms with Crippen molar-refractivity contribution in [3.8, 4) is 6.07 Å². The average molecular weight is 322 g/mol. The highest BCUT2D eigenvalue weighted by Crippen LogP contribution is 2.22. The van der Waals surface area contributed by atoms with Crippen LogP contribution in [0.3, 0.4) is 0 Å². The summed E-state index contributed by atoms with van der Waals surface area (Å²) in [6, 6.07) is 9.19. The molecular formula is C15H13F3N4O. The first-order chi connectivity index (χ1) is 10.8. The predicted octanol–water partition coefficient (Wildman–Crippen LogP) is 2.51. The number of nitrogens with one attached hydrogen (secondary N) is 2. The summed E-state index contributed by atoms with van der Waals surface area (Å²) in [5, 5.41) is 14.5. The number of aryl methyl sites for hydroxylation is 1. The Labute approximate surface area is 130 Å². The van der Waals surface area contributed by atoms with Gasteiger partial charge in [-0.1, -0.05) is 18.2 Å². The van der Waals surface area contributed by atoms with Crippen LogP contribution >= 0.6 is 0 Å². The second-order valence-electron chi connectivity index (χ2n) is 4.82. The van der Waals surface area contributed by atoms with Gasteiger partial charge < -0.3 is 10.6 Å². The van der Waals surface area contributed by atoms with Gasteiger partial charge in [-0.25, -0.2) is 4.98 Å². The van der Waals surface area contributed by atoms with Crippen molar-refractivity contribution < 1.29 is 18.0 Å². The monoisotopic (exact) mass is 322 g/mol. The molecule has 0 fully saturated rings. The number of hydrogen-bond acceptors (Lipinski definition) is 4. The van der Waals surface area contributed by atoms with Crippen LogP contribution in [0.2, 0.25) is 0 Å². The molecule has 0 atom stereocenters. The smallest absolute Gasteiger partial charge is 0.367 e. The molecule has 120 valence electrons. The van der Waals surface area contributed by atoms with Gasteiger partial charge in [0.05, 0.1) is 11.1 Å². The van der Waals surface area contributed by atoms with Gasteiger partial charge in [0.2, 0.25) is 0 Å². The van der Waals surface area contributed by atoms with Gasteiger partial charge in [0.25, 0.3) is 0 Å². The van der Waals surface area contributed by atoms with E-state index in [-0.39, 0.29) is 24.5 Å². The topological polar surface area (TPSA) is 77.8 Å². The van der Waals surface area contributed by atoms with Gasteiger partial charge in [-0.15, -0.1) is 0 Å². The minimum Gasteiger partial charge on any atom is -0.367 e. The van der Waals surface area contributed by atoms with E-state index >= 15 is 0 Å². The first-order valence-corrected chi connectivity index (χ1v) is 6.72. The van der Waals surface area contributed by atoms with E-state index in [4.69, 9.17) is 5.26 Å². The summed E-state index contributed by atoms with van der Waals surface area (Å²) in [4.78, 5) is 15.0. The van der Waals surface area contributed by atoms with Crippen molar-refractivity contribution in [2.24, 2.45) is 0 Å². The van der Waals surface area contributed by atoms with E-state index in [1.165, 1.54) is 0 Å². The maximum atomic E-state index is 12.0. The van der Waals surface area contributed by atoms with Gasteiger partial charge in [-0.05, 0) is 18.6 Å². The number of nitriles is 1. The summed E-state index contributed by atoms with van der Waals surface area (Å²) >= 11 is 0. The molecule has 0 saturated heterocycles. The number of alkyl halides is 3. The van der Waals surface area contributed by atoms with Gasteiger partial charge in [0, 0.05) is 18.5 Å². The van der Waals surface area contributed by atoms with Crippen LogP contribution in [0.4, 0.5) is 19.0 Å². The molecule has 1 aromatic carbocycles. The highest BCUT2D eigenvalue weighted by Gasteiger charge is 2.38. The molecule has 5 nitrogen and oxygen atoms in total. The second-order valence-corrected chi connectivity index (χ2v) is 4.82. The minimum atomic E-state index is -4.91. The van der Waals surface area contributed by atoms with Crippen molar-refractivity contribution in [1.82, 2.24) is 10.3 Å². The maximum Gasteiger partial charge on any atom is 0.471 e. The first-order valence-electron chi connectivity index (χ1n) is 6.72. The lowest BCUT2D eigenvalue weighted by atomic mass is 10.1. The first kappa shape index (κ1) is 16.5. The number of anilines is 1. The van der Waals surface area contributed by atoms with Crippen LogP contribution in [0.15, 0.2) is 24.3 Å². The number of pyridine rings is 1. The Bertz CT molecular complexity index is 781. The van der Waals surface area contributed by atoms with Crippen molar-refractivity contribution in [1.29, 1.82) is 5.26 Å². The minimum absolute atomic E-state index is 0.0148. The van der Waals surface area contributed by atoms with E-state index in [9.17, 15) is 18.0 Å². The Balaban J connectivity index is 2.09. The van der Waals surface area contributed by atoms with E-state index in [0.717, 1.165) is 10.9 Å². The van der Waals surface area contributed by atoms with E-state index in [1.807, 2.05) is 31.2 Å². The van der Waals surface area contributed by atoms with Gasteiger partial charge in [0.1, 0.15) is 11.9 Å². The predicted molar refractivity (Wildman–Crippen MR) is 78.7 cm³/mol. The molecule has 0 radical (unpaired) electrons. The van der Waals surface area contributed by atoms with Crippen molar-refractivity contribution in [3.63, 3.8) is 0 Å². The molecule has 0 unspecified atom stereocenters. The van der Waals surface area contributed by atoms with Crippen LogP contribution < -0.4 is 10.6 Å². The van der Waals surface area contributed by atoms with Crippen LogP contribution in [0, 0.1) is 18.3 Å². The molecule has 1 amide bonds. The summed E-state index contributed by atoms with van der Waals surface area (Å²) in [7, 11) is 0. The fraction of sp³-hybridized carbons (Fsp3) is 0.267. The molecule has 2 rings (SSSR count). The Kier molecular flexibility index (Phi) is 4.69. The third-order valence-corrected chi connectivity index (χ3v) is 3.13. The highest BCUT2D eigenvalue weighted by molar-refractivity contribution is 5.85. The molecule has 0 spiro atoms. The van der Waals surface area contributed by atoms with Gasteiger partial charge in [0.15, 0.2) is 0 Å². The number of amides is 1. The van der Waals surface area contributed by atoms with E-state index in [1.54, 1.807) is 11.4 Å². The maximum absolute atomic E-state index is 12.0. The highest BCUT2D eigenvalue weighted by atomic mass is 19.4. The third-order valence-electron chi connectivity index (χ3n) is 3.13. The Morgan fingerprint density at radius 3 is 2.74 bits per heavy atom. The standard InChI is InChI=1S/C15H13F3N4O/c1-9-3-2-4-10-7-11(8-19)13(22-12(9)10)20-5-6-21-14(23)15(16,17)18/h2-4,7H,5-6H2,1H3,(H,20,22)(H,21,23). The largest absolute Gasteiger partial charge is 0.471 e. The fourth-order valence-electron chi connectivity index (χ4n) is 2.02. The summed E-state index contributed by atoms with van der Waals surface area (Å²) in [6.07, 6.45) is -4.91. The van der Waals surface area contributed by atoms with Crippen molar-refractivity contribution in [3.05, 3.63) is 35.4 Å². The molecule has 23 heavy (non-hydrogen) atoms. The summed E-state index contributed by atoms with van der Waals surface area (Å²) in [5.41, 5.74) is 1.90. The Hall–Kier alpha value is -2.82. The van der Waals surface area contributed by atoms with Crippen LogP contribution in [0.25, 0.3) is 10.9 Å². The number of hydrogen-bond donors (Lipinski definition) is 2. The van der Waals surface area contributed by atoms with Crippen LogP contribution in [-0.4, -0.2) is 30.2 Å². The zero-order chi connectivity index (χ0) is 17.0. The van der Waals surface area contributed by atoms with Crippen molar-refractivity contribution in [2.75, 3.05) is 18.4 Å². The van der Waals surface area contributed by atoms with Gasteiger partial charge in [-0.2, -0.15) is 18.4 Å². The molecule has 2 aromatic rings. The van der Waals surface area contributed by atoms with Gasteiger partial charge in [-0.3, -0.25) is 4.79 Å². The number of nitrogens with zero attached hydrogens (tertiary/aromatic N) is 2. The lowest BCUT2D eigenvalue weighted by molar-refractivity contribution is -0.173. The third kappa shape index (κ3) is 3.88. The zero-order valence-corrected chi connectivity index (χ0v) is 12.2. The number of para-hydroxylation sites is 1. The second kappa shape index (κ2) is 6.52. The quantitative estimate of drug-likeness (QED) is 0.848. The molecule has 0 aliphatic rings. The number of halogens is 3. The lowest BCUT2D eigenvalue weighted by Crippen LogP contribution is -2.39. The van der Waals surface area contributed by atoms with E-state index < -0.39 is 12.1 Å². The SMILES string of the molecule is Cc1cccc2cc(C#N)c(NCCNC(=O)C(F)(F)F)nc12. The molecule has 0 aliphatic carbocycles. The van der Waals surface area contributed by atoms with Crippen LogP contribution in [0.1, 0.15) is 11.1 Å². The number of carbonyl (C=O) groups excluding carboxylic acids is 1. The summed E-state index contributed by atoms with van der Waals surface area (Å²) in [5.74, 6) is -1.72. The fourth-order valence-corrected chi connectivity index (χ4v) is 2.02. The number of rotatable bonds is 4. The Morgan fingerprint density at radius 1 is 1.35 bits per heavy atom. The Morgan fingerprint density at radius 2 is 2.09 bits per heavy atom. The zero-order valence-electron chi connectivity index (χ0n) is 12.2. The van der Waals surface area contributed by atoms with Gasteiger partial charge >= 0.3 is 12.1 Å².